The summed E-state index contributed by atoms with van der Waals surface area (Å²) in [4.78, 5) is 6.58. The Morgan fingerprint density at radius 3 is 3.00 bits per heavy atom. The largest absolute Gasteiger partial charge is 0.491 e. The van der Waals surface area contributed by atoms with Gasteiger partial charge in [0.1, 0.15) is 12.4 Å². The van der Waals surface area contributed by atoms with Crippen molar-refractivity contribution in [3.63, 3.8) is 0 Å². The molecule has 0 fully saturated rings. The first-order chi connectivity index (χ1) is 8.83. The van der Waals surface area contributed by atoms with Crippen LogP contribution in [0.4, 0.5) is 5.69 Å². The van der Waals surface area contributed by atoms with E-state index in [0.29, 0.717) is 0 Å². The molecular formula is C15H16N2O. The Hall–Kier alpha value is -2.03. The Bertz CT molecular complexity index is 554. The Balaban J connectivity index is 1.91. The van der Waals surface area contributed by atoms with E-state index in [1.807, 2.05) is 25.3 Å². The fraction of sp³-hybridized carbons (Fsp3) is 0.267. The summed E-state index contributed by atoms with van der Waals surface area (Å²) in [6, 6.07) is 12.4. The number of benzene rings is 1. The van der Waals surface area contributed by atoms with Gasteiger partial charge in [0.25, 0.3) is 0 Å². The monoisotopic (exact) mass is 240 g/mol. The number of fused-ring (bicyclic) bond motifs is 1. The molecule has 2 heterocycles. The highest BCUT2D eigenvalue weighted by molar-refractivity contribution is 5.49. The maximum atomic E-state index is 5.77. The molecule has 92 valence electrons. The van der Waals surface area contributed by atoms with E-state index < -0.39 is 0 Å². The second-order valence-electron chi connectivity index (χ2n) is 4.53. The Kier molecular flexibility index (Phi) is 2.89. The number of aromatic nitrogens is 1. The summed E-state index contributed by atoms with van der Waals surface area (Å²) < 4.78 is 5.77. The maximum absolute atomic E-state index is 5.77. The van der Waals surface area contributed by atoms with Gasteiger partial charge in [-0.05, 0) is 25.1 Å². The van der Waals surface area contributed by atoms with Crippen LogP contribution in [0.15, 0.2) is 42.6 Å². The average Bonchev–Trinajstić information content (AvgIpc) is 2.60. The molecule has 1 aromatic heterocycles. The van der Waals surface area contributed by atoms with Crippen molar-refractivity contribution in [2.24, 2.45) is 0 Å². The van der Waals surface area contributed by atoms with Crippen molar-refractivity contribution < 1.29 is 4.74 Å². The van der Waals surface area contributed by atoms with Crippen LogP contribution in [-0.4, -0.2) is 18.1 Å². The number of hydrogen-bond donors (Lipinski definition) is 0. The summed E-state index contributed by atoms with van der Waals surface area (Å²) in [6.07, 6.45) is 1.86. The molecule has 0 saturated carbocycles. The number of aryl methyl sites for hydroxylation is 1. The van der Waals surface area contributed by atoms with Gasteiger partial charge in [-0.1, -0.05) is 18.2 Å². The van der Waals surface area contributed by atoms with Gasteiger partial charge in [0, 0.05) is 29.7 Å². The van der Waals surface area contributed by atoms with Crippen LogP contribution in [0.3, 0.4) is 0 Å². The van der Waals surface area contributed by atoms with Gasteiger partial charge in [-0.3, -0.25) is 4.98 Å². The van der Waals surface area contributed by atoms with Crippen molar-refractivity contribution >= 4 is 5.69 Å². The summed E-state index contributed by atoms with van der Waals surface area (Å²) in [5, 5.41) is 0. The van der Waals surface area contributed by atoms with Gasteiger partial charge >= 0.3 is 0 Å². The molecule has 1 aromatic carbocycles. The van der Waals surface area contributed by atoms with Crippen LogP contribution in [0.25, 0.3) is 0 Å². The molecule has 0 radical (unpaired) electrons. The molecule has 3 rings (SSSR count). The fourth-order valence-corrected chi connectivity index (χ4v) is 2.27. The molecule has 0 aliphatic carbocycles. The van der Waals surface area contributed by atoms with Crippen LogP contribution >= 0.6 is 0 Å². The fourth-order valence-electron chi connectivity index (χ4n) is 2.27. The van der Waals surface area contributed by atoms with Crippen molar-refractivity contribution in [3.8, 4) is 5.75 Å². The molecular weight excluding hydrogens is 224 g/mol. The van der Waals surface area contributed by atoms with Gasteiger partial charge in [-0.15, -0.1) is 0 Å². The van der Waals surface area contributed by atoms with E-state index in [-0.39, 0.29) is 0 Å². The SMILES string of the molecule is Cc1cc(N2CCOc3ccccc3C2)ccn1. The smallest absolute Gasteiger partial charge is 0.124 e. The zero-order valence-corrected chi connectivity index (χ0v) is 10.5. The van der Waals surface area contributed by atoms with Crippen LogP contribution in [0.1, 0.15) is 11.3 Å². The molecule has 0 saturated heterocycles. The Morgan fingerprint density at radius 2 is 2.11 bits per heavy atom. The number of para-hydroxylation sites is 1. The molecule has 3 nitrogen and oxygen atoms in total. The minimum atomic E-state index is 0.721. The van der Waals surface area contributed by atoms with Crippen LogP contribution in [0.5, 0.6) is 5.75 Å². The minimum absolute atomic E-state index is 0.721. The number of nitrogens with zero attached hydrogens (tertiary/aromatic N) is 2. The predicted molar refractivity (Wildman–Crippen MR) is 72.0 cm³/mol. The summed E-state index contributed by atoms with van der Waals surface area (Å²) in [5.74, 6) is 1.01. The molecule has 1 aliphatic heterocycles. The second-order valence-corrected chi connectivity index (χ2v) is 4.53. The molecule has 0 N–H and O–H groups in total. The predicted octanol–water partition coefficient (Wildman–Crippen LogP) is 2.79. The highest BCUT2D eigenvalue weighted by Gasteiger charge is 2.15. The van der Waals surface area contributed by atoms with E-state index in [1.165, 1.54) is 11.3 Å². The normalized spacial score (nSPS) is 14.6. The van der Waals surface area contributed by atoms with E-state index in [1.54, 1.807) is 0 Å². The highest BCUT2D eigenvalue weighted by Crippen LogP contribution is 2.25. The molecule has 1 aliphatic rings. The van der Waals surface area contributed by atoms with Crippen molar-refractivity contribution in [1.82, 2.24) is 4.98 Å². The average molecular weight is 240 g/mol. The van der Waals surface area contributed by atoms with Crippen LogP contribution in [0, 0.1) is 6.92 Å². The zero-order chi connectivity index (χ0) is 12.4. The first-order valence-corrected chi connectivity index (χ1v) is 6.21. The zero-order valence-electron chi connectivity index (χ0n) is 10.5. The molecule has 18 heavy (non-hydrogen) atoms. The van der Waals surface area contributed by atoms with Crippen LogP contribution in [-0.2, 0) is 6.54 Å². The third-order valence-corrected chi connectivity index (χ3v) is 3.20. The van der Waals surface area contributed by atoms with E-state index in [4.69, 9.17) is 4.74 Å². The summed E-state index contributed by atoms with van der Waals surface area (Å²) in [7, 11) is 0. The number of ether oxygens (including phenoxy) is 1. The van der Waals surface area contributed by atoms with Crippen molar-refractivity contribution in [2.75, 3.05) is 18.1 Å². The first-order valence-electron chi connectivity index (χ1n) is 6.21. The number of hydrogen-bond acceptors (Lipinski definition) is 3. The molecule has 0 unspecified atom stereocenters. The van der Waals surface area contributed by atoms with E-state index >= 15 is 0 Å². The van der Waals surface area contributed by atoms with E-state index in [0.717, 1.165) is 31.1 Å². The molecule has 0 bridgehead atoms. The molecule has 0 spiro atoms. The third-order valence-electron chi connectivity index (χ3n) is 3.20. The van der Waals surface area contributed by atoms with Crippen LogP contribution in [0.2, 0.25) is 0 Å². The summed E-state index contributed by atoms with van der Waals surface area (Å²) >= 11 is 0. The van der Waals surface area contributed by atoms with E-state index in [2.05, 4.69) is 34.1 Å². The summed E-state index contributed by atoms with van der Waals surface area (Å²) in [6.45, 7) is 4.53. The highest BCUT2D eigenvalue weighted by atomic mass is 16.5. The molecule has 0 atom stereocenters. The van der Waals surface area contributed by atoms with Gasteiger partial charge in [-0.2, -0.15) is 0 Å². The van der Waals surface area contributed by atoms with Crippen molar-refractivity contribution in [3.05, 3.63) is 53.9 Å². The lowest BCUT2D eigenvalue weighted by molar-refractivity contribution is 0.331. The Morgan fingerprint density at radius 1 is 1.22 bits per heavy atom. The van der Waals surface area contributed by atoms with Crippen molar-refractivity contribution in [2.45, 2.75) is 13.5 Å². The lowest BCUT2D eigenvalue weighted by atomic mass is 10.2. The number of pyridine rings is 1. The molecule has 2 aromatic rings. The molecule has 0 amide bonds. The van der Waals surface area contributed by atoms with Gasteiger partial charge < -0.3 is 9.64 Å². The van der Waals surface area contributed by atoms with Crippen molar-refractivity contribution in [1.29, 1.82) is 0 Å². The third kappa shape index (κ3) is 2.16. The second kappa shape index (κ2) is 4.69. The van der Waals surface area contributed by atoms with Gasteiger partial charge in [0.15, 0.2) is 0 Å². The minimum Gasteiger partial charge on any atom is -0.491 e. The standard InChI is InChI=1S/C15H16N2O/c1-12-10-14(6-7-16-12)17-8-9-18-15-5-3-2-4-13(15)11-17/h2-7,10H,8-9,11H2,1H3. The molecule has 3 heteroatoms. The number of anilines is 1. The topological polar surface area (TPSA) is 25.4 Å². The van der Waals surface area contributed by atoms with Crippen LogP contribution < -0.4 is 9.64 Å². The van der Waals surface area contributed by atoms with Gasteiger partial charge in [-0.25, -0.2) is 0 Å². The van der Waals surface area contributed by atoms with E-state index in [9.17, 15) is 0 Å². The Labute approximate surface area is 107 Å². The van der Waals surface area contributed by atoms with Gasteiger partial charge in [0.2, 0.25) is 0 Å². The van der Waals surface area contributed by atoms with Gasteiger partial charge in [0.05, 0.1) is 6.54 Å². The number of rotatable bonds is 1. The first kappa shape index (κ1) is 11.1. The quantitative estimate of drug-likeness (QED) is 0.766. The lowest BCUT2D eigenvalue weighted by Crippen LogP contribution is -2.25. The summed E-state index contributed by atoms with van der Waals surface area (Å²) in [5.41, 5.74) is 3.50. The maximum Gasteiger partial charge on any atom is 0.124 e. The lowest BCUT2D eigenvalue weighted by Gasteiger charge is -2.22.